The van der Waals surface area contributed by atoms with Gasteiger partial charge in [-0.1, -0.05) is 27.4 Å². The van der Waals surface area contributed by atoms with Crippen LogP contribution in [0.3, 0.4) is 0 Å². The van der Waals surface area contributed by atoms with E-state index in [9.17, 15) is 14.7 Å². The van der Waals surface area contributed by atoms with Gasteiger partial charge in [-0.05, 0) is 42.9 Å². The average Bonchev–Trinajstić information content (AvgIpc) is 2.76. The second-order valence-corrected chi connectivity index (χ2v) is 7.08. The predicted octanol–water partition coefficient (Wildman–Crippen LogP) is 3.54. The third kappa shape index (κ3) is 2.21. The largest absolute Gasteiger partial charge is 0.478 e. The quantitative estimate of drug-likeness (QED) is 0.489. The molecule has 1 N–H and O–H groups in total. The lowest BCUT2D eigenvalue weighted by Crippen LogP contribution is -2.34. The topological polar surface area (TPSA) is 63.6 Å². The average molecular weight is 292 g/mol. The minimum Gasteiger partial charge on any atom is -0.478 e. The van der Waals surface area contributed by atoms with Crippen LogP contribution in [0.15, 0.2) is 24.0 Å². The van der Waals surface area contributed by atoms with Crippen LogP contribution >= 0.6 is 0 Å². The van der Waals surface area contributed by atoms with E-state index in [1.54, 1.807) is 0 Å². The lowest BCUT2D eigenvalue weighted by molar-refractivity contribution is -0.136. The highest BCUT2D eigenvalue weighted by atomic mass is 16.5. The Labute approximate surface area is 125 Å². The third-order valence-electron chi connectivity index (χ3n) is 6.18. The second kappa shape index (κ2) is 5.00. The molecule has 2 aliphatic rings. The van der Waals surface area contributed by atoms with Gasteiger partial charge in [0, 0.05) is 12.0 Å². The summed E-state index contributed by atoms with van der Waals surface area (Å²) in [5, 5.41) is 9.31. The van der Waals surface area contributed by atoms with Crippen LogP contribution in [0.5, 0.6) is 0 Å². The fourth-order valence-electron chi connectivity index (χ4n) is 4.26. The molecule has 0 radical (unpaired) electrons. The van der Waals surface area contributed by atoms with E-state index in [2.05, 4.69) is 27.4 Å². The van der Waals surface area contributed by atoms with Gasteiger partial charge < -0.3 is 9.84 Å². The number of hydrogen-bond donors (Lipinski definition) is 1. The van der Waals surface area contributed by atoms with Crippen molar-refractivity contribution < 1.29 is 19.4 Å². The molecule has 4 heteroatoms. The zero-order chi connectivity index (χ0) is 16.0. The number of allylic oxidation sites excluding steroid dienone is 1. The van der Waals surface area contributed by atoms with Gasteiger partial charge in [-0.3, -0.25) is 0 Å². The Hall–Kier alpha value is -1.58. The first-order valence-corrected chi connectivity index (χ1v) is 7.43. The Morgan fingerprint density at radius 1 is 1.33 bits per heavy atom. The number of carboxylic acids is 1. The molecule has 0 aromatic heterocycles. The van der Waals surface area contributed by atoms with E-state index < -0.39 is 11.9 Å². The molecule has 2 fully saturated rings. The Bertz CT molecular complexity index is 529. The Morgan fingerprint density at radius 2 is 1.95 bits per heavy atom. The molecular formula is C17H24O4. The molecule has 2 aliphatic carbocycles. The third-order valence-corrected chi connectivity index (χ3v) is 6.18. The number of carboxylic acid groups (broad SMARTS) is 1. The molecule has 0 spiro atoms. The smallest absolute Gasteiger partial charge is 0.335 e. The van der Waals surface area contributed by atoms with Crippen molar-refractivity contribution in [1.29, 1.82) is 0 Å². The van der Waals surface area contributed by atoms with Crippen molar-refractivity contribution in [3.63, 3.8) is 0 Å². The summed E-state index contributed by atoms with van der Waals surface area (Å²) in [5.41, 5.74) is 0.216. The van der Waals surface area contributed by atoms with Crippen LogP contribution in [-0.2, 0) is 14.3 Å². The SMILES string of the molecule is C=CC(=O)OC(=C(C)C(=O)O)C1C[C@H]2CC[C@@]1(C)C2(C)C. The summed E-state index contributed by atoms with van der Waals surface area (Å²) in [6.07, 6.45) is 4.16. The van der Waals surface area contributed by atoms with Crippen LogP contribution in [0.4, 0.5) is 0 Å². The van der Waals surface area contributed by atoms with Crippen molar-refractivity contribution in [3.8, 4) is 0 Å². The van der Waals surface area contributed by atoms with E-state index in [1.807, 2.05) is 0 Å². The lowest BCUT2D eigenvalue weighted by atomic mass is 9.66. The molecule has 0 heterocycles. The monoisotopic (exact) mass is 292 g/mol. The van der Waals surface area contributed by atoms with Crippen molar-refractivity contribution >= 4 is 11.9 Å². The van der Waals surface area contributed by atoms with Gasteiger partial charge in [0.05, 0.1) is 5.57 Å². The minimum atomic E-state index is -1.04. The molecule has 116 valence electrons. The van der Waals surface area contributed by atoms with E-state index in [0.717, 1.165) is 25.3 Å². The summed E-state index contributed by atoms with van der Waals surface area (Å²) < 4.78 is 5.36. The summed E-state index contributed by atoms with van der Waals surface area (Å²) >= 11 is 0. The molecule has 2 rings (SSSR count). The Balaban J connectivity index is 2.45. The molecule has 4 nitrogen and oxygen atoms in total. The van der Waals surface area contributed by atoms with Crippen LogP contribution < -0.4 is 0 Å². The number of ether oxygens (including phenoxy) is 1. The van der Waals surface area contributed by atoms with Gasteiger partial charge in [-0.15, -0.1) is 0 Å². The van der Waals surface area contributed by atoms with Crippen molar-refractivity contribution in [2.45, 2.75) is 47.0 Å². The molecule has 0 saturated heterocycles. The summed E-state index contributed by atoms with van der Waals surface area (Å²) in [7, 11) is 0. The first kappa shape index (κ1) is 15.8. The summed E-state index contributed by atoms with van der Waals surface area (Å²) in [6, 6.07) is 0. The Morgan fingerprint density at radius 3 is 2.33 bits per heavy atom. The summed E-state index contributed by atoms with van der Waals surface area (Å²) in [4.78, 5) is 23.0. The van der Waals surface area contributed by atoms with Gasteiger partial charge in [0.25, 0.3) is 0 Å². The first-order valence-electron chi connectivity index (χ1n) is 7.43. The fraction of sp³-hybridized carbons (Fsp3) is 0.647. The van der Waals surface area contributed by atoms with Crippen molar-refractivity contribution in [3.05, 3.63) is 24.0 Å². The molecule has 0 aliphatic heterocycles. The highest BCUT2D eigenvalue weighted by Gasteiger charge is 2.62. The van der Waals surface area contributed by atoms with Crippen LogP contribution in [0.25, 0.3) is 0 Å². The van der Waals surface area contributed by atoms with E-state index in [1.165, 1.54) is 6.92 Å². The van der Waals surface area contributed by atoms with Crippen molar-refractivity contribution in [2.75, 3.05) is 0 Å². The zero-order valence-corrected chi connectivity index (χ0v) is 13.2. The van der Waals surface area contributed by atoms with Crippen molar-refractivity contribution in [2.24, 2.45) is 22.7 Å². The van der Waals surface area contributed by atoms with Gasteiger partial charge in [0.1, 0.15) is 5.76 Å². The van der Waals surface area contributed by atoms with Gasteiger partial charge in [-0.25, -0.2) is 9.59 Å². The van der Waals surface area contributed by atoms with E-state index >= 15 is 0 Å². The maximum Gasteiger partial charge on any atom is 0.335 e. The predicted molar refractivity (Wildman–Crippen MR) is 79.3 cm³/mol. The second-order valence-electron chi connectivity index (χ2n) is 7.08. The number of esters is 1. The van der Waals surface area contributed by atoms with E-state index in [0.29, 0.717) is 11.7 Å². The van der Waals surface area contributed by atoms with E-state index in [4.69, 9.17) is 4.74 Å². The molecule has 21 heavy (non-hydrogen) atoms. The zero-order valence-electron chi connectivity index (χ0n) is 13.2. The van der Waals surface area contributed by atoms with Crippen LogP contribution in [0.1, 0.15) is 47.0 Å². The highest BCUT2D eigenvalue weighted by molar-refractivity contribution is 5.88. The van der Waals surface area contributed by atoms with Gasteiger partial charge in [0.2, 0.25) is 0 Å². The van der Waals surface area contributed by atoms with Crippen LogP contribution in [0, 0.1) is 22.7 Å². The highest BCUT2D eigenvalue weighted by Crippen LogP contribution is 2.69. The number of hydrogen-bond acceptors (Lipinski definition) is 3. The number of rotatable bonds is 4. The van der Waals surface area contributed by atoms with Gasteiger partial charge in [-0.2, -0.15) is 0 Å². The maximum atomic E-state index is 11.6. The minimum absolute atomic E-state index is 0.0220. The van der Waals surface area contributed by atoms with Crippen LogP contribution in [0.2, 0.25) is 0 Å². The first-order chi connectivity index (χ1) is 9.65. The molecule has 0 aromatic rings. The molecule has 1 unspecified atom stereocenters. The molecule has 2 bridgehead atoms. The molecule has 2 saturated carbocycles. The lowest BCUT2D eigenvalue weighted by Gasteiger charge is -2.40. The normalized spacial score (nSPS) is 34.3. The summed E-state index contributed by atoms with van der Waals surface area (Å²) in [5.74, 6) is -0.774. The van der Waals surface area contributed by atoms with E-state index in [-0.39, 0.29) is 22.3 Å². The summed E-state index contributed by atoms with van der Waals surface area (Å²) in [6.45, 7) is 11.6. The molecular weight excluding hydrogens is 268 g/mol. The number of carbonyl (C=O) groups is 2. The molecule has 0 aromatic carbocycles. The van der Waals surface area contributed by atoms with Crippen LogP contribution in [-0.4, -0.2) is 17.0 Å². The number of aliphatic carboxylic acids is 1. The Kier molecular flexibility index (Phi) is 3.77. The van der Waals surface area contributed by atoms with Gasteiger partial charge in [0.15, 0.2) is 0 Å². The maximum absolute atomic E-state index is 11.6. The molecule has 3 atom stereocenters. The van der Waals surface area contributed by atoms with Gasteiger partial charge >= 0.3 is 11.9 Å². The fourth-order valence-corrected chi connectivity index (χ4v) is 4.26. The molecule has 0 amide bonds. The number of carbonyl (C=O) groups excluding carboxylic acids is 1. The number of fused-ring (bicyclic) bond motifs is 2. The standard InChI is InChI=1S/C17H24O4/c1-6-13(18)21-14(10(2)15(19)20)12-9-11-7-8-17(12,5)16(11,3)4/h6,11-12H,1,7-9H2,2-5H3,(H,19,20)/t11-,12?,17-/m1/s1. The van der Waals surface area contributed by atoms with Crippen molar-refractivity contribution in [1.82, 2.24) is 0 Å².